The molecule has 1 atom stereocenters. The third-order valence-corrected chi connectivity index (χ3v) is 6.75. The number of carboxylic acids is 1. The average Bonchev–Trinajstić information content (AvgIpc) is 2.72. The Labute approximate surface area is 195 Å². The lowest BCUT2D eigenvalue weighted by Crippen LogP contribution is -2.32. The number of fused-ring (bicyclic) bond motifs is 1. The number of amides is 1. The molecule has 2 aromatic rings. The second-order valence-electron chi connectivity index (χ2n) is 7.09. The van der Waals surface area contributed by atoms with E-state index >= 15 is 0 Å². The molecule has 11 heteroatoms. The lowest BCUT2D eigenvalue weighted by atomic mass is 10.0. The first-order valence-corrected chi connectivity index (χ1v) is 12.0. The van der Waals surface area contributed by atoms with E-state index in [9.17, 15) is 23.1 Å². The van der Waals surface area contributed by atoms with Crippen LogP contribution in [-0.2, 0) is 14.8 Å². The molecule has 1 unspecified atom stereocenters. The summed E-state index contributed by atoms with van der Waals surface area (Å²) < 4.78 is 28.4. The molecular weight excluding hydrogens is 477 g/mol. The van der Waals surface area contributed by atoms with Crippen LogP contribution in [0.15, 0.2) is 53.1 Å². The summed E-state index contributed by atoms with van der Waals surface area (Å²) in [7, 11) is -4.08. The SMILES string of the molecule is CCCCNC(=O)c1ccc(S(=O)(=O)NC2C=C(C(=O)O)Nc3cc(Cl)cc(Cl)c32)cc1. The van der Waals surface area contributed by atoms with Crippen LogP contribution in [0.2, 0.25) is 10.0 Å². The van der Waals surface area contributed by atoms with E-state index in [0.717, 1.165) is 12.8 Å². The van der Waals surface area contributed by atoms with Crippen molar-refractivity contribution >= 4 is 50.8 Å². The fraction of sp³-hybridized carbons (Fsp3) is 0.238. The van der Waals surface area contributed by atoms with E-state index in [4.69, 9.17) is 23.2 Å². The summed E-state index contributed by atoms with van der Waals surface area (Å²) >= 11 is 12.3. The van der Waals surface area contributed by atoms with E-state index in [1.54, 1.807) is 0 Å². The summed E-state index contributed by atoms with van der Waals surface area (Å²) in [6.07, 6.45) is 3.01. The van der Waals surface area contributed by atoms with Gasteiger partial charge in [0, 0.05) is 33.4 Å². The van der Waals surface area contributed by atoms with Gasteiger partial charge in [0.2, 0.25) is 10.0 Å². The maximum absolute atomic E-state index is 13.0. The van der Waals surface area contributed by atoms with Gasteiger partial charge in [0.25, 0.3) is 5.91 Å². The van der Waals surface area contributed by atoms with E-state index < -0.39 is 22.0 Å². The number of aliphatic carboxylic acids is 1. The molecule has 3 rings (SSSR count). The van der Waals surface area contributed by atoms with Crippen molar-refractivity contribution in [3.63, 3.8) is 0 Å². The number of benzene rings is 2. The van der Waals surface area contributed by atoms with Crippen molar-refractivity contribution in [1.29, 1.82) is 0 Å². The molecule has 0 saturated carbocycles. The van der Waals surface area contributed by atoms with E-state index in [1.807, 2.05) is 6.92 Å². The minimum Gasteiger partial charge on any atom is -0.477 e. The second kappa shape index (κ2) is 9.91. The van der Waals surface area contributed by atoms with Gasteiger partial charge < -0.3 is 15.7 Å². The smallest absolute Gasteiger partial charge is 0.352 e. The first-order chi connectivity index (χ1) is 15.1. The highest BCUT2D eigenvalue weighted by Gasteiger charge is 2.30. The molecule has 1 aliphatic heterocycles. The van der Waals surface area contributed by atoms with Gasteiger partial charge in [-0.15, -0.1) is 0 Å². The van der Waals surface area contributed by atoms with E-state index in [1.165, 1.54) is 42.5 Å². The molecule has 8 nitrogen and oxygen atoms in total. The topological polar surface area (TPSA) is 125 Å². The van der Waals surface area contributed by atoms with Gasteiger partial charge in [0.1, 0.15) is 5.70 Å². The molecule has 0 aromatic heterocycles. The third-order valence-electron chi connectivity index (χ3n) is 4.76. The van der Waals surface area contributed by atoms with Gasteiger partial charge in [-0.05, 0) is 48.9 Å². The standard InChI is InChI=1S/C21H21Cl2N3O5S/c1-2-3-8-24-20(27)12-4-6-14(7-5-12)32(30,31)26-17-11-18(21(28)29)25-16-10-13(22)9-15(23)19(16)17/h4-7,9-11,17,25-26H,2-3,8H2,1H3,(H,24,27)(H,28,29). The van der Waals surface area contributed by atoms with Crippen LogP contribution in [0.5, 0.6) is 0 Å². The molecule has 0 radical (unpaired) electrons. The molecule has 0 aliphatic carbocycles. The maximum Gasteiger partial charge on any atom is 0.352 e. The van der Waals surface area contributed by atoms with Crippen LogP contribution < -0.4 is 15.4 Å². The first-order valence-electron chi connectivity index (χ1n) is 9.74. The molecule has 1 heterocycles. The van der Waals surface area contributed by atoms with Crippen LogP contribution in [0.1, 0.15) is 41.7 Å². The van der Waals surface area contributed by atoms with E-state index in [0.29, 0.717) is 17.7 Å². The van der Waals surface area contributed by atoms with Crippen molar-refractivity contribution in [3.8, 4) is 0 Å². The Morgan fingerprint density at radius 2 is 1.84 bits per heavy atom. The van der Waals surface area contributed by atoms with Crippen molar-refractivity contribution in [1.82, 2.24) is 10.0 Å². The number of carboxylic acid groups (broad SMARTS) is 1. The molecule has 2 aromatic carbocycles. The van der Waals surface area contributed by atoms with E-state index in [2.05, 4.69) is 15.4 Å². The van der Waals surface area contributed by atoms with Crippen molar-refractivity contribution in [2.45, 2.75) is 30.7 Å². The summed E-state index contributed by atoms with van der Waals surface area (Å²) in [5, 5.41) is 15.3. The number of halogens is 2. The zero-order chi connectivity index (χ0) is 23.5. The fourth-order valence-corrected chi connectivity index (χ4v) is 4.92. The van der Waals surface area contributed by atoms with Crippen LogP contribution in [0.3, 0.4) is 0 Å². The summed E-state index contributed by atoms with van der Waals surface area (Å²) in [6, 6.07) is 7.30. The van der Waals surface area contributed by atoms with Gasteiger partial charge in [-0.25, -0.2) is 13.2 Å². The van der Waals surface area contributed by atoms with Crippen molar-refractivity contribution in [2.24, 2.45) is 0 Å². The molecule has 0 spiro atoms. The molecular formula is C21H21Cl2N3O5S. The largest absolute Gasteiger partial charge is 0.477 e. The molecule has 0 saturated heterocycles. The highest BCUT2D eigenvalue weighted by atomic mass is 35.5. The predicted octanol–water partition coefficient (Wildman–Crippen LogP) is 3.94. The minimum absolute atomic E-state index is 0.0851. The number of hydrogen-bond donors (Lipinski definition) is 4. The molecule has 170 valence electrons. The number of carbonyl (C=O) groups excluding carboxylic acids is 1. The van der Waals surface area contributed by atoms with Crippen molar-refractivity contribution < 1.29 is 23.1 Å². The monoisotopic (exact) mass is 497 g/mol. The van der Waals surface area contributed by atoms with Gasteiger partial charge in [0.05, 0.1) is 10.9 Å². The molecule has 0 bridgehead atoms. The Hall–Kier alpha value is -2.59. The number of nitrogens with one attached hydrogen (secondary N) is 3. The van der Waals surface area contributed by atoms with Crippen LogP contribution in [-0.4, -0.2) is 31.9 Å². The number of rotatable bonds is 8. The zero-order valence-corrected chi connectivity index (χ0v) is 19.3. The number of sulfonamides is 1. The Morgan fingerprint density at radius 3 is 2.47 bits per heavy atom. The lowest BCUT2D eigenvalue weighted by Gasteiger charge is -2.26. The quantitative estimate of drug-likeness (QED) is 0.409. The Morgan fingerprint density at radius 1 is 1.16 bits per heavy atom. The highest BCUT2D eigenvalue weighted by Crippen LogP contribution is 2.39. The van der Waals surface area contributed by atoms with Crippen LogP contribution >= 0.6 is 23.2 Å². The summed E-state index contributed by atoms with van der Waals surface area (Å²) in [5.41, 5.74) is 0.742. The number of unbranched alkanes of at least 4 members (excludes halogenated alkanes) is 1. The number of anilines is 1. The Kier molecular flexibility index (Phi) is 7.45. The molecule has 1 amide bonds. The van der Waals surface area contributed by atoms with Crippen LogP contribution in [0, 0.1) is 0 Å². The number of hydrogen-bond acceptors (Lipinski definition) is 5. The average molecular weight is 498 g/mol. The summed E-state index contributed by atoms with van der Waals surface area (Å²) in [5.74, 6) is -1.56. The van der Waals surface area contributed by atoms with Gasteiger partial charge in [-0.2, -0.15) is 4.72 Å². The van der Waals surface area contributed by atoms with Crippen LogP contribution in [0.4, 0.5) is 5.69 Å². The third kappa shape index (κ3) is 5.42. The Bertz CT molecular complexity index is 1180. The normalized spacial score (nSPS) is 15.3. The van der Waals surface area contributed by atoms with Gasteiger partial charge in [0.15, 0.2) is 0 Å². The van der Waals surface area contributed by atoms with Crippen LogP contribution in [0.25, 0.3) is 0 Å². The lowest BCUT2D eigenvalue weighted by molar-refractivity contribution is -0.132. The molecule has 1 aliphatic rings. The molecule has 0 fully saturated rings. The van der Waals surface area contributed by atoms with Gasteiger partial charge in [-0.1, -0.05) is 36.5 Å². The zero-order valence-electron chi connectivity index (χ0n) is 17.0. The Balaban J connectivity index is 1.87. The van der Waals surface area contributed by atoms with Gasteiger partial charge in [-0.3, -0.25) is 4.79 Å². The van der Waals surface area contributed by atoms with Gasteiger partial charge >= 0.3 is 5.97 Å². The fourth-order valence-electron chi connectivity index (χ4n) is 3.16. The second-order valence-corrected chi connectivity index (χ2v) is 9.65. The molecule has 4 N–H and O–H groups in total. The first kappa shape index (κ1) is 24.1. The maximum atomic E-state index is 13.0. The van der Waals surface area contributed by atoms with Crippen molar-refractivity contribution in [3.05, 3.63) is 69.3 Å². The van der Waals surface area contributed by atoms with E-state index in [-0.39, 0.29) is 32.2 Å². The molecule has 32 heavy (non-hydrogen) atoms. The van der Waals surface area contributed by atoms with Crippen molar-refractivity contribution in [2.75, 3.05) is 11.9 Å². The minimum atomic E-state index is -4.08. The number of carbonyl (C=O) groups is 2. The predicted molar refractivity (Wildman–Crippen MR) is 123 cm³/mol. The summed E-state index contributed by atoms with van der Waals surface area (Å²) in [6.45, 7) is 2.55. The summed E-state index contributed by atoms with van der Waals surface area (Å²) in [4.78, 5) is 23.5. The highest BCUT2D eigenvalue weighted by molar-refractivity contribution is 7.89.